The molecule has 0 unspecified atom stereocenters. The SMILES string of the molecule is CCNC(=O)[C@@H](Cc1ccccc1)N(Cc1ccc(Br)cc1)C(=O)CCCN1C(=O)c2ccccc2C1=O. The fraction of sp³-hybridized carbons (Fsp3) is 0.267. The van der Waals surface area contributed by atoms with Crippen molar-refractivity contribution in [1.29, 1.82) is 0 Å². The molecule has 1 aliphatic rings. The molecule has 4 rings (SSSR count). The van der Waals surface area contributed by atoms with Crippen LogP contribution in [0.25, 0.3) is 0 Å². The quantitative estimate of drug-likeness (QED) is 0.338. The molecule has 0 radical (unpaired) electrons. The van der Waals surface area contributed by atoms with Gasteiger partial charge >= 0.3 is 0 Å². The van der Waals surface area contributed by atoms with Crippen molar-refractivity contribution in [2.75, 3.05) is 13.1 Å². The topological polar surface area (TPSA) is 86.8 Å². The lowest BCUT2D eigenvalue weighted by Crippen LogP contribution is -2.50. The summed E-state index contributed by atoms with van der Waals surface area (Å²) in [7, 11) is 0. The number of likely N-dealkylation sites (N-methyl/N-ethyl adjacent to an activating group) is 1. The van der Waals surface area contributed by atoms with Gasteiger partial charge in [-0.1, -0.05) is 70.5 Å². The van der Waals surface area contributed by atoms with Crippen LogP contribution in [0.2, 0.25) is 0 Å². The summed E-state index contributed by atoms with van der Waals surface area (Å²) in [5.74, 6) is -1.11. The zero-order valence-corrected chi connectivity index (χ0v) is 22.8. The van der Waals surface area contributed by atoms with Crippen molar-refractivity contribution >= 4 is 39.6 Å². The molecule has 196 valence electrons. The van der Waals surface area contributed by atoms with Gasteiger partial charge in [0.25, 0.3) is 11.8 Å². The van der Waals surface area contributed by atoms with Gasteiger partial charge in [0.05, 0.1) is 11.1 Å². The number of halogens is 1. The van der Waals surface area contributed by atoms with E-state index in [1.54, 1.807) is 29.2 Å². The average molecular weight is 576 g/mol. The zero-order chi connectivity index (χ0) is 27.1. The molecule has 0 saturated heterocycles. The zero-order valence-electron chi connectivity index (χ0n) is 21.2. The molecule has 4 amide bonds. The van der Waals surface area contributed by atoms with E-state index >= 15 is 0 Å². The van der Waals surface area contributed by atoms with Crippen molar-refractivity contribution < 1.29 is 19.2 Å². The molecule has 38 heavy (non-hydrogen) atoms. The van der Waals surface area contributed by atoms with Crippen LogP contribution in [0.4, 0.5) is 0 Å². The summed E-state index contributed by atoms with van der Waals surface area (Å²) >= 11 is 3.44. The largest absolute Gasteiger partial charge is 0.355 e. The van der Waals surface area contributed by atoms with Gasteiger partial charge in [-0.15, -0.1) is 0 Å². The molecular formula is C30H30BrN3O4. The number of fused-ring (bicyclic) bond motifs is 1. The number of carbonyl (C=O) groups excluding carboxylic acids is 4. The van der Waals surface area contributed by atoms with Crippen LogP contribution in [0.3, 0.4) is 0 Å². The van der Waals surface area contributed by atoms with Crippen LogP contribution in [0.1, 0.15) is 51.6 Å². The Labute approximate surface area is 231 Å². The lowest BCUT2D eigenvalue weighted by Gasteiger charge is -2.31. The van der Waals surface area contributed by atoms with Gasteiger partial charge in [0.1, 0.15) is 6.04 Å². The standard InChI is InChI=1S/C30H30BrN3O4/c1-2-32-28(36)26(19-21-9-4-3-5-10-21)34(20-22-14-16-23(31)17-15-22)27(35)13-8-18-33-29(37)24-11-6-7-12-25(24)30(33)38/h3-7,9-12,14-17,26H,2,8,13,18-20H2,1H3,(H,32,36)/t26-/m1/s1. The number of nitrogens with one attached hydrogen (secondary N) is 1. The number of rotatable bonds is 11. The van der Waals surface area contributed by atoms with E-state index in [1.165, 1.54) is 4.90 Å². The summed E-state index contributed by atoms with van der Waals surface area (Å²) in [5.41, 5.74) is 2.62. The number of benzene rings is 3. The predicted molar refractivity (Wildman–Crippen MR) is 148 cm³/mol. The van der Waals surface area contributed by atoms with E-state index in [4.69, 9.17) is 0 Å². The Balaban J connectivity index is 1.52. The molecule has 3 aromatic rings. The van der Waals surface area contributed by atoms with E-state index in [9.17, 15) is 19.2 Å². The highest BCUT2D eigenvalue weighted by Crippen LogP contribution is 2.23. The van der Waals surface area contributed by atoms with Crippen molar-refractivity contribution in [3.63, 3.8) is 0 Å². The second-order valence-electron chi connectivity index (χ2n) is 9.16. The fourth-order valence-corrected chi connectivity index (χ4v) is 4.87. The van der Waals surface area contributed by atoms with Crippen molar-refractivity contribution in [1.82, 2.24) is 15.1 Å². The van der Waals surface area contributed by atoms with Crippen LogP contribution in [0.15, 0.2) is 83.3 Å². The maximum absolute atomic E-state index is 13.7. The van der Waals surface area contributed by atoms with E-state index in [2.05, 4.69) is 21.2 Å². The molecule has 1 heterocycles. The van der Waals surface area contributed by atoms with Gasteiger partial charge in [-0.25, -0.2) is 0 Å². The first-order valence-corrected chi connectivity index (χ1v) is 13.5. The van der Waals surface area contributed by atoms with E-state index in [0.717, 1.165) is 15.6 Å². The molecule has 0 aliphatic carbocycles. The molecule has 0 saturated carbocycles. The summed E-state index contributed by atoms with van der Waals surface area (Å²) in [6, 6.07) is 23.3. The maximum Gasteiger partial charge on any atom is 0.261 e. The summed E-state index contributed by atoms with van der Waals surface area (Å²) in [6.45, 7) is 2.69. The second-order valence-corrected chi connectivity index (χ2v) is 10.1. The van der Waals surface area contributed by atoms with Gasteiger partial charge < -0.3 is 10.2 Å². The number of nitrogens with zero attached hydrogens (tertiary/aromatic N) is 2. The highest BCUT2D eigenvalue weighted by atomic mass is 79.9. The third-order valence-electron chi connectivity index (χ3n) is 6.54. The third kappa shape index (κ3) is 6.37. The van der Waals surface area contributed by atoms with Crippen LogP contribution >= 0.6 is 15.9 Å². The monoisotopic (exact) mass is 575 g/mol. The average Bonchev–Trinajstić information content (AvgIpc) is 3.17. The summed E-state index contributed by atoms with van der Waals surface area (Å²) < 4.78 is 0.921. The highest BCUT2D eigenvalue weighted by Gasteiger charge is 2.35. The Bertz CT molecular complexity index is 1280. The third-order valence-corrected chi connectivity index (χ3v) is 7.07. The van der Waals surface area contributed by atoms with Gasteiger partial charge in [0.2, 0.25) is 11.8 Å². The van der Waals surface area contributed by atoms with Crippen LogP contribution in [0.5, 0.6) is 0 Å². The van der Waals surface area contributed by atoms with Crippen LogP contribution in [-0.2, 0) is 22.6 Å². The van der Waals surface area contributed by atoms with Gasteiger partial charge in [-0.05, 0) is 48.7 Å². The normalized spacial score (nSPS) is 13.3. The summed E-state index contributed by atoms with van der Waals surface area (Å²) in [4.78, 5) is 55.1. The summed E-state index contributed by atoms with van der Waals surface area (Å²) in [5, 5.41) is 2.88. The molecule has 1 atom stereocenters. The van der Waals surface area contributed by atoms with Crippen LogP contribution in [-0.4, -0.2) is 52.6 Å². The van der Waals surface area contributed by atoms with E-state index < -0.39 is 6.04 Å². The Hall–Kier alpha value is -3.78. The first-order chi connectivity index (χ1) is 18.4. The number of imide groups is 1. The number of hydrogen-bond donors (Lipinski definition) is 1. The smallest absolute Gasteiger partial charge is 0.261 e. The first-order valence-electron chi connectivity index (χ1n) is 12.7. The molecule has 3 aromatic carbocycles. The van der Waals surface area contributed by atoms with Gasteiger partial charge in [-0.2, -0.15) is 0 Å². The molecule has 7 nitrogen and oxygen atoms in total. The molecule has 0 spiro atoms. The van der Waals surface area contributed by atoms with Gasteiger partial charge in [-0.3, -0.25) is 24.1 Å². The van der Waals surface area contributed by atoms with E-state index in [-0.39, 0.29) is 43.1 Å². The van der Waals surface area contributed by atoms with Crippen molar-refractivity contribution in [3.05, 3.63) is 106 Å². The molecule has 0 bridgehead atoms. The molecule has 0 fully saturated rings. The van der Waals surface area contributed by atoms with Crippen molar-refractivity contribution in [3.8, 4) is 0 Å². The number of hydrogen-bond acceptors (Lipinski definition) is 4. The molecule has 0 aromatic heterocycles. The van der Waals surface area contributed by atoms with Gasteiger partial charge in [0, 0.05) is 36.9 Å². The Morgan fingerprint density at radius 3 is 2.08 bits per heavy atom. The number of amides is 4. The Kier molecular flexibility index (Phi) is 9.07. The lowest BCUT2D eigenvalue weighted by molar-refractivity contribution is -0.141. The van der Waals surface area contributed by atoms with E-state index in [0.29, 0.717) is 30.5 Å². The van der Waals surface area contributed by atoms with Crippen molar-refractivity contribution in [2.24, 2.45) is 0 Å². The minimum atomic E-state index is -0.715. The van der Waals surface area contributed by atoms with E-state index in [1.807, 2.05) is 61.5 Å². The summed E-state index contributed by atoms with van der Waals surface area (Å²) in [6.07, 6.45) is 0.760. The predicted octanol–water partition coefficient (Wildman–Crippen LogP) is 4.60. The van der Waals surface area contributed by atoms with Crippen molar-refractivity contribution in [2.45, 2.75) is 38.8 Å². The Morgan fingerprint density at radius 2 is 1.47 bits per heavy atom. The Morgan fingerprint density at radius 1 is 0.868 bits per heavy atom. The first kappa shape index (κ1) is 27.3. The number of carbonyl (C=O) groups is 4. The molecule has 1 N–H and O–H groups in total. The minimum Gasteiger partial charge on any atom is -0.355 e. The maximum atomic E-state index is 13.7. The van der Waals surface area contributed by atoms with Crippen LogP contribution < -0.4 is 5.32 Å². The molecular weight excluding hydrogens is 546 g/mol. The van der Waals surface area contributed by atoms with Gasteiger partial charge in [0.15, 0.2) is 0 Å². The highest BCUT2D eigenvalue weighted by molar-refractivity contribution is 9.10. The lowest BCUT2D eigenvalue weighted by atomic mass is 10.0. The molecule has 1 aliphatic heterocycles. The minimum absolute atomic E-state index is 0.0919. The molecule has 8 heteroatoms. The fourth-order valence-electron chi connectivity index (χ4n) is 4.61. The second kappa shape index (κ2) is 12.6. The van der Waals surface area contributed by atoms with Crippen LogP contribution in [0, 0.1) is 0 Å².